The quantitative estimate of drug-likeness (QED) is 0.452. The molecule has 0 spiro atoms. The molecule has 0 aliphatic heterocycles. The van der Waals surface area contributed by atoms with Crippen molar-refractivity contribution < 1.29 is 10.2 Å². The lowest BCUT2D eigenvalue weighted by molar-refractivity contribution is -0.249. The van der Waals surface area contributed by atoms with Crippen molar-refractivity contribution in [3.8, 4) is 0 Å². The number of aliphatic hydroxyl groups is 2. The first-order valence-electron chi connectivity index (χ1n) is 13.8. The monoisotopic (exact) mass is 442 g/mol. The van der Waals surface area contributed by atoms with Crippen molar-refractivity contribution in [3.05, 3.63) is 12.2 Å². The van der Waals surface area contributed by atoms with Gasteiger partial charge in [-0.3, -0.25) is 0 Å². The van der Waals surface area contributed by atoms with E-state index in [1.807, 2.05) is 0 Å². The van der Waals surface area contributed by atoms with Gasteiger partial charge in [0.1, 0.15) is 0 Å². The van der Waals surface area contributed by atoms with E-state index in [2.05, 4.69) is 48.1 Å². The smallest absolute Gasteiger partial charge is 0.0594 e. The van der Waals surface area contributed by atoms with Gasteiger partial charge in [-0.15, -0.1) is 0 Å². The second kappa shape index (κ2) is 7.09. The summed E-state index contributed by atoms with van der Waals surface area (Å²) < 4.78 is 0. The van der Waals surface area contributed by atoms with Gasteiger partial charge in [0, 0.05) is 6.61 Å². The summed E-state index contributed by atoms with van der Waals surface area (Å²) in [5.41, 5.74) is 2.60. The zero-order chi connectivity index (χ0) is 23.3. The first-order valence-corrected chi connectivity index (χ1v) is 13.8. The van der Waals surface area contributed by atoms with Gasteiger partial charge >= 0.3 is 0 Å². The maximum atomic E-state index is 10.9. The van der Waals surface area contributed by atoms with Crippen LogP contribution in [0.3, 0.4) is 0 Å². The first kappa shape index (κ1) is 23.4. The van der Waals surface area contributed by atoms with Gasteiger partial charge in [-0.2, -0.15) is 0 Å². The van der Waals surface area contributed by atoms with Crippen LogP contribution in [0, 0.1) is 56.7 Å². The lowest BCUT2D eigenvalue weighted by Crippen LogP contribution is -2.66. The Bertz CT molecular complexity index is 786. The number of aliphatic hydroxyl groups excluding tert-OH is 2. The van der Waals surface area contributed by atoms with Gasteiger partial charge in [-0.05, 0) is 128 Å². The molecule has 0 aromatic heterocycles. The number of allylic oxidation sites excluding steroid dienone is 1. The molecule has 2 nitrogen and oxygen atoms in total. The SMILES string of the molecule is C=C(C)[C@@H]1CC[C@]2(CO)CC[C@]3(C)C(CC[C@@H]4[C@@]5(C)CC[C@H](O)C(C)(C)[C@@H]5CC[C@]43C)C12. The highest BCUT2D eigenvalue weighted by atomic mass is 16.3. The minimum Gasteiger partial charge on any atom is -0.396 e. The van der Waals surface area contributed by atoms with E-state index in [9.17, 15) is 10.2 Å². The standard InChI is InChI=1S/C30H50O2/c1-19(2)20-10-15-30(18-31)17-16-28(6)21(25(20)30)8-9-23-27(5)13-12-24(32)26(3,4)22(27)11-14-29(23,28)7/h20-25,31-32H,1,8-18H2,2-7H3/t20-,21?,22-,23+,24-,25?,27-,28+,29+,30+/m0/s1. The summed E-state index contributed by atoms with van der Waals surface area (Å²) >= 11 is 0. The molecule has 2 N–H and O–H groups in total. The number of hydrogen-bond donors (Lipinski definition) is 2. The molecule has 5 saturated carbocycles. The molecule has 182 valence electrons. The van der Waals surface area contributed by atoms with Crippen molar-refractivity contribution in [1.82, 2.24) is 0 Å². The minimum atomic E-state index is -0.147. The predicted molar refractivity (Wildman–Crippen MR) is 132 cm³/mol. The van der Waals surface area contributed by atoms with Gasteiger partial charge in [-0.25, -0.2) is 0 Å². The first-order chi connectivity index (χ1) is 14.9. The van der Waals surface area contributed by atoms with E-state index in [1.54, 1.807) is 0 Å². The third-order valence-corrected chi connectivity index (χ3v) is 13.5. The summed E-state index contributed by atoms with van der Waals surface area (Å²) in [5, 5.41) is 21.5. The molecule has 0 bridgehead atoms. The summed E-state index contributed by atoms with van der Waals surface area (Å²) in [4.78, 5) is 0. The molecule has 0 saturated heterocycles. The normalized spacial score (nSPS) is 56.5. The van der Waals surface area contributed by atoms with E-state index in [0.717, 1.165) is 18.3 Å². The van der Waals surface area contributed by atoms with Crippen LogP contribution in [0.25, 0.3) is 0 Å². The van der Waals surface area contributed by atoms with Crippen LogP contribution in [0.4, 0.5) is 0 Å². The highest BCUT2D eigenvalue weighted by molar-refractivity contribution is 5.21. The summed E-state index contributed by atoms with van der Waals surface area (Å²) in [6.45, 7) is 19.7. The molecule has 2 heteroatoms. The van der Waals surface area contributed by atoms with E-state index >= 15 is 0 Å². The van der Waals surface area contributed by atoms with Crippen molar-refractivity contribution in [3.63, 3.8) is 0 Å². The fraction of sp³-hybridized carbons (Fsp3) is 0.933. The van der Waals surface area contributed by atoms with E-state index < -0.39 is 0 Å². The Morgan fingerprint density at radius 3 is 2.19 bits per heavy atom. The number of hydrogen-bond acceptors (Lipinski definition) is 2. The molecule has 0 aromatic rings. The lowest BCUT2D eigenvalue weighted by Gasteiger charge is -2.73. The molecule has 2 unspecified atom stereocenters. The third-order valence-electron chi connectivity index (χ3n) is 13.5. The van der Waals surface area contributed by atoms with Gasteiger partial charge in [0.25, 0.3) is 0 Å². The Labute approximate surface area is 197 Å². The summed E-state index contributed by atoms with van der Waals surface area (Å²) in [6, 6.07) is 0. The molecule has 0 amide bonds. The summed E-state index contributed by atoms with van der Waals surface area (Å²) in [5.74, 6) is 3.33. The van der Waals surface area contributed by atoms with Crippen LogP contribution < -0.4 is 0 Å². The largest absolute Gasteiger partial charge is 0.396 e. The summed E-state index contributed by atoms with van der Waals surface area (Å²) in [7, 11) is 0. The highest BCUT2D eigenvalue weighted by Gasteiger charge is 2.70. The summed E-state index contributed by atoms with van der Waals surface area (Å²) in [6.07, 6.45) is 12.2. The van der Waals surface area contributed by atoms with Crippen LogP contribution in [0.2, 0.25) is 0 Å². The molecular formula is C30H50O2. The second-order valence-corrected chi connectivity index (χ2v) is 14.6. The zero-order valence-corrected chi connectivity index (χ0v) is 21.8. The Hall–Kier alpha value is -0.340. The Balaban J connectivity index is 1.55. The molecule has 5 aliphatic carbocycles. The van der Waals surface area contributed by atoms with Crippen LogP contribution in [-0.2, 0) is 0 Å². The molecule has 0 aromatic carbocycles. The van der Waals surface area contributed by atoms with Crippen molar-refractivity contribution in [2.24, 2.45) is 56.7 Å². The molecular weight excluding hydrogens is 392 g/mol. The lowest BCUT2D eigenvalue weighted by atomic mass is 9.32. The van der Waals surface area contributed by atoms with Crippen LogP contribution in [0.5, 0.6) is 0 Å². The Kier molecular flexibility index (Phi) is 5.19. The van der Waals surface area contributed by atoms with Gasteiger partial charge in [0.15, 0.2) is 0 Å². The van der Waals surface area contributed by atoms with Gasteiger partial charge in [0.05, 0.1) is 6.10 Å². The molecule has 10 atom stereocenters. The topological polar surface area (TPSA) is 40.5 Å². The number of fused-ring (bicyclic) bond motifs is 7. The average molecular weight is 443 g/mol. The average Bonchev–Trinajstić information content (AvgIpc) is 3.12. The molecule has 5 rings (SSSR count). The van der Waals surface area contributed by atoms with E-state index in [4.69, 9.17) is 0 Å². The van der Waals surface area contributed by atoms with Crippen LogP contribution in [0.1, 0.15) is 106 Å². The van der Waals surface area contributed by atoms with Crippen molar-refractivity contribution in [2.75, 3.05) is 6.61 Å². The van der Waals surface area contributed by atoms with Crippen molar-refractivity contribution in [1.29, 1.82) is 0 Å². The number of rotatable bonds is 2. The van der Waals surface area contributed by atoms with Crippen LogP contribution in [0.15, 0.2) is 12.2 Å². The fourth-order valence-corrected chi connectivity index (χ4v) is 11.5. The maximum Gasteiger partial charge on any atom is 0.0594 e. The Morgan fingerprint density at radius 2 is 1.53 bits per heavy atom. The molecule has 5 fully saturated rings. The van der Waals surface area contributed by atoms with E-state index in [-0.39, 0.29) is 16.9 Å². The van der Waals surface area contributed by atoms with Crippen LogP contribution in [-0.4, -0.2) is 22.9 Å². The van der Waals surface area contributed by atoms with Crippen molar-refractivity contribution >= 4 is 0 Å². The van der Waals surface area contributed by atoms with E-state index in [1.165, 1.54) is 63.4 Å². The van der Waals surface area contributed by atoms with Crippen LogP contribution >= 0.6 is 0 Å². The molecule has 0 heterocycles. The second-order valence-electron chi connectivity index (χ2n) is 14.6. The maximum absolute atomic E-state index is 10.9. The van der Waals surface area contributed by atoms with Gasteiger partial charge in [-0.1, -0.05) is 46.8 Å². The third kappa shape index (κ3) is 2.66. The van der Waals surface area contributed by atoms with Gasteiger partial charge < -0.3 is 10.2 Å². The highest BCUT2D eigenvalue weighted by Crippen LogP contribution is 2.77. The van der Waals surface area contributed by atoms with Crippen molar-refractivity contribution in [2.45, 2.75) is 112 Å². The predicted octanol–water partition coefficient (Wildman–Crippen LogP) is 7.00. The zero-order valence-electron chi connectivity index (χ0n) is 21.8. The fourth-order valence-electron chi connectivity index (χ4n) is 11.5. The molecule has 0 radical (unpaired) electrons. The van der Waals surface area contributed by atoms with E-state index in [0.29, 0.717) is 40.6 Å². The molecule has 5 aliphatic rings. The molecule has 32 heavy (non-hydrogen) atoms. The minimum absolute atomic E-state index is 0.0290. The van der Waals surface area contributed by atoms with Gasteiger partial charge in [0.2, 0.25) is 0 Å². The Morgan fingerprint density at radius 1 is 0.812 bits per heavy atom.